The monoisotopic (exact) mass is 252 g/mol. The molecule has 1 rings (SSSR count). The van der Waals surface area contributed by atoms with Gasteiger partial charge in [-0.05, 0) is 18.6 Å². The molecule has 0 atom stereocenters. The highest BCUT2D eigenvalue weighted by atomic mass is 16.5. The fourth-order valence-electron chi connectivity index (χ4n) is 1.43. The van der Waals surface area contributed by atoms with E-state index >= 15 is 0 Å². The van der Waals surface area contributed by atoms with Crippen LogP contribution in [0.25, 0.3) is 0 Å². The van der Waals surface area contributed by atoms with Gasteiger partial charge in [-0.1, -0.05) is 18.2 Å². The predicted molar refractivity (Wildman–Crippen MR) is 70.3 cm³/mol. The van der Waals surface area contributed by atoms with E-state index in [1.165, 1.54) is 0 Å². The molecule has 0 spiro atoms. The first kappa shape index (κ1) is 14.6. The average Bonchev–Trinajstić information content (AvgIpc) is 2.39. The van der Waals surface area contributed by atoms with Crippen LogP contribution in [-0.2, 0) is 20.8 Å². The third-order valence-electron chi connectivity index (χ3n) is 2.32. The number of para-hydroxylation sites is 1. The van der Waals surface area contributed by atoms with Crippen LogP contribution in [0.3, 0.4) is 0 Å². The summed E-state index contributed by atoms with van der Waals surface area (Å²) in [6, 6.07) is 7.44. The molecular formula is C13H20N2O3. The summed E-state index contributed by atoms with van der Waals surface area (Å²) in [4.78, 5) is 11.6. The van der Waals surface area contributed by atoms with E-state index in [4.69, 9.17) is 15.2 Å². The van der Waals surface area contributed by atoms with E-state index in [9.17, 15) is 4.79 Å². The average molecular weight is 252 g/mol. The molecule has 1 aromatic carbocycles. The van der Waals surface area contributed by atoms with Crippen LogP contribution < -0.4 is 11.1 Å². The van der Waals surface area contributed by atoms with Crippen LogP contribution >= 0.6 is 0 Å². The van der Waals surface area contributed by atoms with Crippen molar-refractivity contribution in [3.63, 3.8) is 0 Å². The van der Waals surface area contributed by atoms with Crippen LogP contribution in [0.4, 0.5) is 5.69 Å². The maximum Gasteiger partial charge on any atom is 0.250 e. The molecule has 0 aliphatic heterocycles. The highest BCUT2D eigenvalue weighted by molar-refractivity contribution is 5.92. The van der Waals surface area contributed by atoms with E-state index < -0.39 is 0 Å². The fraction of sp³-hybridized carbons (Fsp3) is 0.462. The summed E-state index contributed by atoms with van der Waals surface area (Å²) in [5, 5.41) is 2.77. The van der Waals surface area contributed by atoms with E-state index in [2.05, 4.69) is 5.32 Å². The first-order valence-corrected chi connectivity index (χ1v) is 6.01. The van der Waals surface area contributed by atoms with Crippen molar-refractivity contribution < 1.29 is 14.3 Å². The molecule has 0 aliphatic rings. The van der Waals surface area contributed by atoms with Crippen molar-refractivity contribution >= 4 is 11.6 Å². The maximum atomic E-state index is 11.6. The number of nitrogens with one attached hydrogen (secondary N) is 1. The zero-order valence-electron chi connectivity index (χ0n) is 10.6. The fourth-order valence-corrected chi connectivity index (χ4v) is 1.43. The molecule has 3 N–H and O–H groups in total. The lowest BCUT2D eigenvalue weighted by Gasteiger charge is -2.09. The van der Waals surface area contributed by atoms with Crippen LogP contribution in [0.2, 0.25) is 0 Å². The van der Waals surface area contributed by atoms with Crippen LogP contribution in [-0.4, -0.2) is 32.3 Å². The Labute approximate surface area is 107 Å². The second-order valence-corrected chi connectivity index (χ2v) is 3.66. The number of hydrogen-bond donors (Lipinski definition) is 2. The van der Waals surface area contributed by atoms with Gasteiger partial charge in [0.25, 0.3) is 0 Å². The first-order chi connectivity index (χ1) is 8.77. The first-order valence-electron chi connectivity index (χ1n) is 6.01. The van der Waals surface area contributed by atoms with Gasteiger partial charge in [0.05, 0.1) is 13.2 Å². The third-order valence-corrected chi connectivity index (χ3v) is 2.32. The highest BCUT2D eigenvalue weighted by Crippen LogP contribution is 2.13. The van der Waals surface area contributed by atoms with Crippen LogP contribution in [0.15, 0.2) is 24.3 Å². The number of anilines is 1. The Hall–Kier alpha value is -1.43. The third kappa shape index (κ3) is 5.27. The summed E-state index contributed by atoms with van der Waals surface area (Å²) < 4.78 is 10.3. The minimum Gasteiger partial charge on any atom is -0.379 e. The Bertz CT molecular complexity index is 369. The second kappa shape index (κ2) is 8.63. The van der Waals surface area contributed by atoms with Crippen LogP contribution in [0, 0.1) is 0 Å². The largest absolute Gasteiger partial charge is 0.379 e. The molecule has 5 heteroatoms. The topological polar surface area (TPSA) is 73.6 Å². The number of nitrogens with two attached hydrogens (primary N) is 1. The van der Waals surface area contributed by atoms with E-state index in [0.717, 1.165) is 11.3 Å². The van der Waals surface area contributed by atoms with Crippen molar-refractivity contribution in [3.05, 3.63) is 29.8 Å². The van der Waals surface area contributed by atoms with Gasteiger partial charge in [-0.25, -0.2) is 0 Å². The Kier molecular flexibility index (Phi) is 7.01. The van der Waals surface area contributed by atoms with Gasteiger partial charge in [0.15, 0.2) is 0 Å². The van der Waals surface area contributed by atoms with Gasteiger partial charge >= 0.3 is 0 Å². The molecule has 0 aromatic heterocycles. The van der Waals surface area contributed by atoms with E-state index in [1.807, 2.05) is 31.2 Å². The molecule has 0 radical (unpaired) electrons. The summed E-state index contributed by atoms with van der Waals surface area (Å²) in [6.45, 7) is 3.90. The van der Waals surface area contributed by atoms with Gasteiger partial charge in [-0.15, -0.1) is 0 Å². The minimum absolute atomic E-state index is 0.0198. The van der Waals surface area contributed by atoms with Gasteiger partial charge in [-0.2, -0.15) is 0 Å². The van der Waals surface area contributed by atoms with Crippen molar-refractivity contribution in [2.45, 2.75) is 13.5 Å². The highest BCUT2D eigenvalue weighted by Gasteiger charge is 2.05. The Morgan fingerprint density at radius 2 is 2.00 bits per heavy atom. The number of amides is 1. The number of benzene rings is 1. The normalized spacial score (nSPS) is 10.3. The lowest BCUT2D eigenvalue weighted by atomic mass is 10.2. The SMILES string of the molecule is CCOCCOCC(=O)Nc1ccccc1CN. The van der Waals surface area contributed by atoms with Gasteiger partial charge in [0.1, 0.15) is 6.61 Å². The summed E-state index contributed by atoms with van der Waals surface area (Å²) in [5.74, 6) is -0.188. The Morgan fingerprint density at radius 3 is 2.72 bits per heavy atom. The lowest BCUT2D eigenvalue weighted by molar-refractivity contribution is -0.121. The molecule has 100 valence electrons. The number of rotatable bonds is 8. The van der Waals surface area contributed by atoms with Crippen molar-refractivity contribution in [2.24, 2.45) is 5.73 Å². The van der Waals surface area contributed by atoms with Gasteiger partial charge in [0, 0.05) is 18.8 Å². The van der Waals surface area contributed by atoms with Gasteiger partial charge in [0.2, 0.25) is 5.91 Å². The van der Waals surface area contributed by atoms with Crippen molar-refractivity contribution in [1.82, 2.24) is 0 Å². The van der Waals surface area contributed by atoms with E-state index in [-0.39, 0.29) is 12.5 Å². The summed E-state index contributed by atoms with van der Waals surface area (Å²) in [5.41, 5.74) is 7.22. The molecule has 1 aromatic rings. The van der Waals surface area contributed by atoms with E-state index in [0.29, 0.717) is 26.4 Å². The van der Waals surface area contributed by atoms with Crippen molar-refractivity contribution in [2.75, 3.05) is 31.7 Å². The molecule has 5 nitrogen and oxygen atoms in total. The van der Waals surface area contributed by atoms with Crippen molar-refractivity contribution in [1.29, 1.82) is 0 Å². The van der Waals surface area contributed by atoms with E-state index in [1.54, 1.807) is 0 Å². The molecule has 1 amide bonds. The zero-order chi connectivity index (χ0) is 13.2. The smallest absolute Gasteiger partial charge is 0.250 e. The number of hydrogen-bond acceptors (Lipinski definition) is 4. The summed E-state index contributed by atoms with van der Waals surface area (Å²) >= 11 is 0. The molecule has 0 aliphatic carbocycles. The summed E-state index contributed by atoms with van der Waals surface area (Å²) in [7, 11) is 0. The zero-order valence-corrected chi connectivity index (χ0v) is 10.6. The number of carbonyl (C=O) groups is 1. The van der Waals surface area contributed by atoms with Crippen LogP contribution in [0.5, 0.6) is 0 Å². The molecule has 0 unspecified atom stereocenters. The summed E-state index contributed by atoms with van der Waals surface area (Å²) in [6.07, 6.45) is 0. The lowest BCUT2D eigenvalue weighted by Crippen LogP contribution is -2.20. The van der Waals surface area contributed by atoms with Gasteiger partial charge < -0.3 is 20.5 Å². The molecule has 0 bridgehead atoms. The predicted octanol–water partition coefficient (Wildman–Crippen LogP) is 1.14. The second-order valence-electron chi connectivity index (χ2n) is 3.66. The number of ether oxygens (including phenoxy) is 2. The minimum atomic E-state index is -0.188. The molecular weight excluding hydrogens is 232 g/mol. The standard InChI is InChI=1S/C13H20N2O3/c1-2-17-7-8-18-10-13(16)15-12-6-4-3-5-11(12)9-14/h3-6H,2,7-10,14H2,1H3,(H,15,16). The van der Waals surface area contributed by atoms with Gasteiger partial charge in [-0.3, -0.25) is 4.79 Å². The Morgan fingerprint density at radius 1 is 1.28 bits per heavy atom. The number of carbonyl (C=O) groups excluding carboxylic acids is 1. The quantitative estimate of drug-likeness (QED) is 0.680. The molecule has 0 saturated heterocycles. The molecule has 18 heavy (non-hydrogen) atoms. The molecule has 0 saturated carbocycles. The molecule has 0 heterocycles. The Balaban J connectivity index is 2.31. The maximum absolute atomic E-state index is 11.6. The van der Waals surface area contributed by atoms with Crippen LogP contribution in [0.1, 0.15) is 12.5 Å². The van der Waals surface area contributed by atoms with Crippen molar-refractivity contribution in [3.8, 4) is 0 Å². The molecule has 0 fully saturated rings.